The molecule has 2 N–H and O–H groups in total. The number of unbranched alkanes of at least 4 members (excludes halogenated alkanes) is 1. The number of carbonyl (C=O) groups is 2. The lowest BCUT2D eigenvalue weighted by Gasteiger charge is -2.36. The van der Waals surface area contributed by atoms with E-state index in [2.05, 4.69) is 11.2 Å². The molecule has 3 aromatic rings. The van der Waals surface area contributed by atoms with E-state index in [4.69, 9.17) is 6.42 Å². The maximum absolute atomic E-state index is 13.3. The SMILES string of the molecule is C#CCCC[C@@H](NC(=O)CC(c1ccccc1)(c1ccccc1)c1ccccc1)C(=O)O. The summed E-state index contributed by atoms with van der Waals surface area (Å²) in [5.74, 6) is 1.13. The Bertz CT molecular complexity index is 959. The molecule has 0 aliphatic rings. The van der Waals surface area contributed by atoms with Crippen molar-refractivity contribution in [3.05, 3.63) is 108 Å². The van der Waals surface area contributed by atoms with Crippen LogP contribution in [0.1, 0.15) is 42.4 Å². The van der Waals surface area contributed by atoms with Crippen molar-refractivity contribution >= 4 is 11.9 Å². The molecule has 0 saturated carbocycles. The molecule has 0 fully saturated rings. The normalized spacial score (nSPS) is 11.8. The molecule has 0 aliphatic carbocycles. The number of hydrogen-bond acceptors (Lipinski definition) is 2. The maximum Gasteiger partial charge on any atom is 0.326 e. The van der Waals surface area contributed by atoms with Gasteiger partial charge >= 0.3 is 5.97 Å². The minimum Gasteiger partial charge on any atom is -0.480 e. The third kappa shape index (κ3) is 5.25. The molecule has 32 heavy (non-hydrogen) atoms. The molecule has 0 saturated heterocycles. The number of carboxylic acid groups (broad SMARTS) is 1. The molecule has 0 aliphatic heterocycles. The van der Waals surface area contributed by atoms with Crippen molar-refractivity contribution in [2.24, 2.45) is 0 Å². The van der Waals surface area contributed by atoms with Gasteiger partial charge in [-0.1, -0.05) is 91.0 Å². The van der Waals surface area contributed by atoms with Gasteiger partial charge in [-0.15, -0.1) is 12.3 Å². The van der Waals surface area contributed by atoms with Crippen LogP contribution in [-0.4, -0.2) is 23.0 Å². The Hall–Kier alpha value is -3.84. The molecule has 162 valence electrons. The summed E-state index contributed by atoms with van der Waals surface area (Å²) in [6.07, 6.45) is 6.66. The van der Waals surface area contributed by atoms with E-state index >= 15 is 0 Å². The third-order valence-corrected chi connectivity index (χ3v) is 5.67. The van der Waals surface area contributed by atoms with E-state index in [1.54, 1.807) is 0 Å². The second-order valence-electron chi connectivity index (χ2n) is 7.73. The fraction of sp³-hybridized carbons (Fsp3) is 0.214. The Balaban J connectivity index is 2.04. The molecule has 1 atom stereocenters. The summed E-state index contributed by atoms with van der Waals surface area (Å²) in [7, 11) is 0. The third-order valence-electron chi connectivity index (χ3n) is 5.67. The first kappa shape index (κ1) is 22.8. The summed E-state index contributed by atoms with van der Waals surface area (Å²) >= 11 is 0. The highest BCUT2D eigenvalue weighted by atomic mass is 16.4. The van der Waals surface area contributed by atoms with E-state index in [-0.39, 0.29) is 12.3 Å². The predicted molar refractivity (Wildman–Crippen MR) is 126 cm³/mol. The number of nitrogens with one attached hydrogen (secondary N) is 1. The maximum atomic E-state index is 13.3. The van der Waals surface area contributed by atoms with E-state index in [0.29, 0.717) is 19.3 Å². The number of aliphatic carboxylic acids is 1. The highest BCUT2D eigenvalue weighted by Crippen LogP contribution is 2.42. The Labute approximate surface area is 189 Å². The van der Waals surface area contributed by atoms with Crippen LogP contribution in [0.2, 0.25) is 0 Å². The van der Waals surface area contributed by atoms with Gasteiger partial charge in [-0.2, -0.15) is 0 Å². The molecule has 4 nitrogen and oxygen atoms in total. The zero-order valence-corrected chi connectivity index (χ0v) is 17.9. The summed E-state index contributed by atoms with van der Waals surface area (Å²) in [6, 6.07) is 28.6. The van der Waals surface area contributed by atoms with Crippen molar-refractivity contribution in [2.45, 2.75) is 37.1 Å². The first-order valence-corrected chi connectivity index (χ1v) is 10.7. The van der Waals surface area contributed by atoms with Crippen molar-refractivity contribution in [1.29, 1.82) is 0 Å². The summed E-state index contributed by atoms with van der Waals surface area (Å²) in [6.45, 7) is 0. The van der Waals surface area contributed by atoms with Gasteiger partial charge in [0.05, 0.1) is 5.41 Å². The Morgan fingerprint density at radius 2 is 1.28 bits per heavy atom. The lowest BCUT2D eigenvalue weighted by Crippen LogP contribution is -2.44. The smallest absolute Gasteiger partial charge is 0.326 e. The van der Waals surface area contributed by atoms with Gasteiger partial charge in [0.1, 0.15) is 6.04 Å². The van der Waals surface area contributed by atoms with Crippen molar-refractivity contribution in [3.63, 3.8) is 0 Å². The second kappa shape index (κ2) is 11.0. The monoisotopic (exact) mass is 425 g/mol. The number of hydrogen-bond donors (Lipinski definition) is 2. The van der Waals surface area contributed by atoms with Gasteiger partial charge < -0.3 is 10.4 Å². The Kier molecular flexibility index (Phi) is 7.83. The first-order valence-electron chi connectivity index (χ1n) is 10.7. The van der Waals surface area contributed by atoms with E-state index in [1.807, 2.05) is 91.0 Å². The topological polar surface area (TPSA) is 66.4 Å². The Morgan fingerprint density at radius 1 is 0.844 bits per heavy atom. The molecule has 3 rings (SSSR count). The van der Waals surface area contributed by atoms with Crippen LogP contribution >= 0.6 is 0 Å². The van der Waals surface area contributed by atoms with Gasteiger partial charge in [0, 0.05) is 12.8 Å². The van der Waals surface area contributed by atoms with Crippen molar-refractivity contribution in [1.82, 2.24) is 5.32 Å². The van der Waals surface area contributed by atoms with Gasteiger partial charge in [-0.25, -0.2) is 4.79 Å². The standard InChI is InChI=1S/C28H27NO3/c1-2-3-7-20-25(27(31)32)29-26(30)21-28(22-14-8-4-9-15-22,23-16-10-5-11-17-23)24-18-12-6-13-19-24/h1,4-6,8-19,25H,3,7,20-21H2,(H,29,30)(H,31,32)/t25-/m1/s1. The van der Waals surface area contributed by atoms with Crippen LogP contribution in [0.3, 0.4) is 0 Å². The molecule has 4 heteroatoms. The van der Waals surface area contributed by atoms with E-state index in [0.717, 1.165) is 16.7 Å². The van der Waals surface area contributed by atoms with Crippen LogP contribution in [0.25, 0.3) is 0 Å². The van der Waals surface area contributed by atoms with Crippen molar-refractivity contribution < 1.29 is 14.7 Å². The molecule has 0 bridgehead atoms. The van der Waals surface area contributed by atoms with Gasteiger partial charge in [0.25, 0.3) is 0 Å². The minimum atomic E-state index is -1.06. The lowest BCUT2D eigenvalue weighted by atomic mass is 9.67. The largest absolute Gasteiger partial charge is 0.480 e. The highest BCUT2D eigenvalue weighted by molar-refractivity contribution is 5.85. The molecule has 0 radical (unpaired) electrons. The second-order valence-corrected chi connectivity index (χ2v) is 7.73. The lowest BCUT2D eigenvalue weighted by molar-refractivity contribution is -0.142. The number of carboxylic acids is 1. The average Bonchev–Trinajstić information content (AvgIpc) is 2.83. The fourth-order valence-corrected chi connectivity index (χ4v) is 4.13. The van der Waals surface area contributed by atoms with Gasteiger partial charge in [-0.3, -0.25) is 4.79 Å². The number of amides is 1. The van der Waals surface area contributed by atoms with E-state index < -0.39 is 17.4 Å². The average molecular weight is 426 g/mol. The molecular weight excluding hydrogens is 398 g/mol. The van der Waals surface area contributed by atoms with Crippen LogP contribution in [0, 0.1) is 12.3 Å². The number of rotatable bonds is 10. The molecule has 3 aromatic carbocycles. The van der Waals surface area contributed by atoms with Crippen LogP contribution < -0.4 is 5.32 Å². The zero-order valence-electron chi connectivity index (χ0n) is 17.9. The van der Waals surface area contributed by atoms with Crippen LogP contribution in [0.4, 0.5) is 0 Å². The van der Waals surface area contributed by atoms with Gasteiger partial charge in [-0.05, 0) is 29.5 Å². The molecular formula is C28H27NO3. The van der Waals surface area contributed by atoms with E-state index in [1.165, 1.54) is 0 Å². The van der Waals surface area contributed by atoms with Crippen LogP contribution in [0.5, 0.6) is 0 Å². The number of terminal acetylenes is 1. The van der Waals surface area contributed by atoms with Gasteiger partial charge in [0.15, 0.2) is 0 Å². The fourth-order valence-electron chi connectivity index (χ4n) is 4.13. The summed E-state index contributed by atoms with van der Waals surface area (Å²) in [5, 5.41) is 12.3. The highest BCUT2D eigenvalue weighted by Gasteiger charge is 2.39. The molecule has 0 heterocycles. The summed E-state index contributed by atoms with van der Waals surface area (Å²) in [5.41, 5.74) is 2.13. The molecule has 0 unspecified atom stereocenters. The Morgan fingerprint density at radius 3 is 1.66 bits per heavy atom. The molecule has 1 amide bonds. The first-order chi connectivity index (χ1) is 15.6. The van der Waals surface area contributed by atoms with Gasteiger partial charge in [0.2, 0.25) is 5.91 Å². The minimum absolute atomic E-state index is 0.0734. The van der Waals surface area contributed by atoms with Crippen molar-refractivity contribution in [2.75, 3.05) is 0 Å². The number of carbonyl (C=O) groups excluding carboxylic acids is 1. The zero-order chi connectivity index (χ0) is 22.8. The predicted octanol–water partition coefficient (Wildman–Crippen LogP) is 4.78. The van der Waals surface area contributed by atoms with Crippen LogP contribution in [-0.2, 0) is 15.0 Å². The summed E-state index contributed by atoms with van der Waals surface area (Å²) < 4.78 is 0. The van der Waals surface area contributed by atoms with Crippen molar-refractivity contribution in [3.8, 4) is 12.3 Å². The summed E-state index contributed by atoms with van der Waals surface area (Å²) in [4.78, 5) is 25.0. The quantitative estimate of drug-likeness (QED) is 0.279. The van der Waals surface area contributed by atoms with Crippen LogP contribution in [0.15, 0.2) is 91.0 Å². The molecule has 0 spiro atoms. The number of benzene rings is 3. The molecule has 0 aromatic heterocycles. The van der Waals surface area contributed by atoms with E-state index in [9.17, 15) is 14.7 Å².